The van der Waals surface area contributed by atoms with Gasteiger partial charge in [-0.15, -0.1) is 0 Å². The number of methoxy groups -OCH3 is 1. The van der Waals surface area contributed by atoms with Gasteiger partial charge in [-0.1, -0.05) is 0 Å². The monoisotopic (exact) mass is 223 g/mol. The molecule has 1 fully saturated rings. The molecular weight excluding hydrogens is 206 g/mol. The summed E-state index contributed by atoms with van der Waals surface area (Å²) in [7, 11) is 1.60. The lowest BCUT2D eigenvalue weighted by Gasteiger charge is -2.19. The van der Waals surface area contributed by atoms with Crippen LogP contribution in [0.3, 0.4) is 0 Å². The Morgan fingerprint density at radius 1 is 1.50 bits per heavy atom. The molecule has 88 valence electrons. The van der Waals surface area contributed by atoms with Crippen LogP contribution in [0.5, 0.6) is 5.75 Å². The van der Waals surface area contributed by atoms with Crippen LogP contribution in [-0.2, 0) is 0 Å². The number of nitrogens with one attached hydrogen (secondary N) is 2. The number of hydrogen-bond donors (Lipinski definition) is 4. The molecule has 2 rings (SSSR count). The molecule has 0 aromatic heterocycles. The van der Waals surface area contributed by atoms with Crippen molar-refractivity contribution in [2.24, 2.45) is 0 Å². The van der Waals surface area contributed by atoms with Crippen LogP contribution in [0.15, 0.2) is 18.2 Å². The summed E-state index contributed by atoms with van der Waals surface area (Å²) < 4.78 is 5.23. The minimum atomic E-state index is -0.373. The molecule has 5 heteroatoms. The van der Waals surface area contributed by atoms with E-state index in [-0.39, 0.29) is 12.1 Å². The number of benzene rings is 1. The molecule has 1 saturated heterocycles. The second-order valence-corrected chi connectivity index (χ2v) is 3.94. The summed E-state index contributed by atoms with van der Waals surface area (Å²) in [4.78, 5) is 0. The third-order valence-corrected chi connectivity index (χ3v) is 2.75. The van der Waals surface area contributed by atoms with Crippen LogP contribution in [0, 0.1) is 0 Å². The molecular formula is C11H17N3O2. The van der Waals surface area contributed by atoms with Crippen molar-refractivity contribution in [3.8, 4) is 5.75 Å². The van der Waals surface area contributed by atoms with E-state index in [1.807, 2.05) is 6.07 Å². The van der Waals surface area contributed by atoms with Crippen molar-refractivity contribution >= 4 is 11.4 Å². The van der Waals surface area contributed by atoms with Gasteiger partial charge in [-0.05, 0) is 12.1 Å². The summed E-state index contributed by atoms with van der Waals surface area (Å²) >= 11 is 0. The van der Waals surface area contributed by atoms with Gasteiger partial charge in [0.25, 0.3) is 0 Å². The van der Waals surface area contributed by atoms with Gasteiger partial charge in [-0.25, -0.2) is 0 Å². The molecule has 0 aliphatic carbocycles. The molecule has 0 saturated carbocycles. The SMILES string of the molecule is COc1cc(N)ccc1N[C@@H]1CNC[C@H]1O. The van der Waals surface area contributed by atoms with Crippen molar-refractivity contribution in [3.05, 3.63) is 18.2 Å². The number of ether oxygens (including phenoxy) is 1. The topological polar surface area (TPSA) is 79.5 Å². The van der Waals surface area contributed by atoms with Crippen molar-refractivity contribution in [1.82, 2.24) is 5.32 Å². The fraction of sp³-hybridized carbons (Fsp3) is 0.455. The Balaban J connectivity index is 2.14. The summed E-state index contributed by atoms with van der Waals surface area (Å²) in [5.74, 6) is 0.694. The van der Waals surface area contributed by atoms with Crippen molar-refractivity contribution < 1.29 is 9.84 Å². The first-order valence-corrected chi connectivity index (χ1v) is 5.29. The Morgan fingerprint density at radius 3 is 2.94 bits per heavy atom. The molecule has 5 N–H and O–H groups in total. The highest BCUT2D eigenvalue weighted by Gasteiger charge is 2.25. The van der Waals surface area contributed by atoms with Gasteiger partial charge in [0.15, 0.2) is 0 Å². The molecule has 0 radical (unpaired) electrons. The molecule has 1 aromatic carbocycles. The summed E-state index contributed by atoms with van der Waals surface area (Å²) in [6.07, 6.45) is -0.373. The highest BCUT2D eigenvalue weighted by molar-refractivity contribution is 5.63. The highest BCUT2D eigenvalue weighted by atomic mass is 16.5. The first-order valence-electron chi connectivity index (χ1n) is 5.29. The molecule has 1 aliphatic rings. The Morgan fingerprint density at radius 2 is 2.31 bits per heavy atom. The van der Waals surface area contributed by atoms with Gasteiger partial charge in [0.2, 0.25) is 0 Å². The second-order valence-electron chi connectivity index (χ2n) is 3.94. The zero-order valence-electron chi connectivity index (χ0n) is 9.23. The van der Waals surface area contributed by atoms with Crippen LogP contribution in [-0.4, -0.2) is 37.5 Å². The lowest BCUT2D eigenvalue weighted by molar-refractivity contribution is 0.185. The molecule has 0 amide bonds. The van der Waals surface area contributed by atoms with Crippen LogP contribution in [0.25, 0.3) is 0 Å². The number of aliphatic hydroxyl groups excluding tert-OH is 1. The van der Waals surface area contributed by atoms with Gasteiger partial charge in [-0.2, -0.15) is 0 Å². The fourth-order valence-electron chi connectivity index (χ4n) is 1.84. The van der Waals surface area contributed by atoms with Crippen LogP contribution in [0.1, 0.15) is 0 Å². The van der Waals surface area contributed by atoms with Crippen LogP contribution in [0.2, 0.25) is 0 Å². The first kappa shape index (κ1) is 11.0. The first-order chi connectivity index (χ1) is 7.70. The van der Waals surface area contributed by atoms with Gasteiger partial charge < -0.3 is 26.2 Å². The molecule has 16 heavy (non-hydrogen) atoms. The normalized spacial score (nSPS) is 24.4. The van der Waals surface area contributed by atoms with Crippen LogP contribution in [0.4, 0.5) is 11.4 Å². The van der Waals surface area contributed by atoms with Crippen molar-refractivity contribution in [2.45, 2.75) is 12.1 Å². The standard InChI is InChI=1S/C11H17N3O2/c1-16-11-4-7(12)2-3-8(11)14-9-5-13-6-10(9)15/h2-4,9-10,13-15H,5-6,12H2,1H3/t9-,10-/m1/s1. The zero-order valence-corrected chi connectivity index (χ0v) is 9.23. The van der Waals surface area contributed by atoms with E-state index in [1.165, 1.54) is 0 Å². The maximum atomic E-state index is 9.68. The smallest absolute Gasteiger partial charge is 0.144 e. The Hall–Kier alpha value is -1.46. The number of hydrogen-bond acceptors (Lipinski definition) is 5. The van der Waals surface area contributed by atoms with Gasteiger partial charge in [0.1, 0.15) is 5.75 Å². The largest absolute Gasteiger partial charge is 0.495 e. The van der Waals surface area contributed by atoms with Gasteiger partial charge in [0.05, 0.1) is 24.9 Å². The second kappa shape index (κ2) is 4.59. The third kappa shape index (κ3) is 2.20. The van der Waals surface area contributed by atoms with E-state index < -0.39 is 0 Å². The molecule has 2 atom stereocenters. The predicted octanol–water partition coefficient (Wildman–Crippen LogP) is 0.0220. The lowest BCUT2D eigenvalue weighted by atomic mass is 10.2. The molecule has 0 unspecified atom stereocenters. The lowest BCUT2D eigenvalue weighted by Crippen LogP contribution is -2.32. The third-order valence-electron chi connectivity index (χ3n) is 2.75. The summed E-state index contributed by atoms with van der Waals surface area (Å²) in [6, 6.07) is 5.44. The van der Waals surface area contributed by atoms with Crippen LogP contribution < -0.4 is 21.1 Å². The number of anilines is 2. The van der Waals surface area contributed by atoms with Gasteiger partial charge >= 0.3 is 0 Å². The Kier molecular flexibility index (Phi) is 3.17. The minimum Gasteiger partial charge on any atom is -0.495 e. The van der Waals surface area contributed by atoms with E-state index in [9.17, 15) is 5.11 Å². The fourth-order valence-corrected chi connectivity index (χ4v) is 1.84. The van der Waals surface area contributed by atoms with E-state index >= 15 is 0 Å². The number of rotatable bonds is 3. The minimum absolute atomic E-state index is 0.0116. The molecule has 1 heterocycles. The number of nitrogen functional groups attached to an aromatic ring is 1. The van der Waals surface area contributed by atoms with E-state index in [0.29, 0.717) is 18.0 Å². The molecule has 0 bridgehead atoms. The zero-order chi connectivity index (χ0) is 11.5. The molecule has 0 spiro atoms. The van der Waals surface area contributed by atoms with Gasteiger partial charge in [0, 0.05) is 24.8 Å². The van der Waals surface area contributed by atoms with E-state index in [2.05, 4.69) is 10.6 Å². The number of aliphatic hydroxyl groups is 1. The molecule has 1 aliphatic heterocycles. The number of β-amino-alcohol motifs (C(OH)–C–C–N with tert-alkyl or cyclic N) is 1. The van der Waals surface area contributed by atoms with Crippen molar-refractivity contribution in [1.29, 1.82) is 0 Å². The van der Waals surface area contributed by atoms with Crippen molar-refractivity contribution in [3.63, 3.8) is 0 Å². The Bertz CT molecular complexity index is 370. The van der Waals surface area contributed by atoms with Crippen LogP contribution >= 0.6 is 0 Å². The average molecular weight is 223 g/mol. The Labute approximate surface area is 94.6 Å². The molecule has 1 aromatic rings. The predicted molar refractivity (Wildman–Crippen MR) is 63.7 cm³/mol. The van der Waals surface area contributed by atoms with E-state index in [1.54, 1.807) is 19.2 Å². The average Bonchev–Trinajstić information content (AvgIpc) is 2.67. The van der Waals surface area contributed by atoms with E-state index in [4.69, 9.17) is 10.5 Å². The summed E-state index contributed by atoms with van der Waals surface area (Å²) in [5, 5.41) is 16.0. The quantitative estimate of drug-likeness (QED) is 0.543. The van der Waals surface area contributed by atoms with Crippen molar-refractivity contribution in [2.75, 3.05) is 31.2 Å². The summed E-state index contributed by atoms with van der Waals surface area (Å²) in [5.41, 5.74) is 7.18. The van der Waals surface area contributed by atoms with Gasteiger partial charge in [-0.3, -0.25) is 0 Å². The maximum absolute atomic E-state index is 9.68. The highest BCUT2D eigenvalue weighted by Crippen LogP contribution is 2.27. The molecule has 5 nitrogen and oxygen atoms in total. The van der Waals surface area contributed by atoms with E-state index in [0.717, 1.165) is 12.2 Å². The number of nitrogens with two attached hydrogens (primary N) is 1. The summed E-state index contributed by atoms with van der Waals surface area (Å²) in [6.45, 7) is 1.36. The maximum Gasteiger partial charge on any atom is 0.144 e.